The standard InChI is InChI=1S/C37H70NO8P/c1-6-8-10-12-14-16-17-18-19-20-21-22-24-25-27-29-36(39)43-33-35(34-45-47(41,42)44-32-31-38(3,4)5)46-37(40)30-28-26-23-15-13-11-9-7-2/h18-19,21-22,35H,6-17,20,23-34H2,1-5H3/p+1/b19-18+,22-21+/t35-/m0/s1. The van der Waals surface area contributed by atoms with Gasteiger partial charge < -0.3 is 18.9 Å². The second kappa shape index (κ2) is 30.5. The van der Waals surface area contributed by atoms with Gasteiger partial charge in [-0.2, -0.15) is 0 Å². The van der Waals surface area contributed by atoms with E-state index in [2.05, 4.69) is 38.2 Å². The van der Waals surface area contributed by atoms with E-state index in [1.54, 1.807) is 0 Å². The summed E-state index contributed by atoms with van der Waals surface area (Å²) in [5.74, 6) is -0.842. The number of allylic oxidation sites excluding steroid dienone is 4. The van der Waals surface area contributed by atoms with Crippen LogP contribution >= 0.6 is 7.82 Å². The molecule has 0 bridgehead atoms. The van der Waals surface area contributed by atoms with Gasteiger partial charge >= 0.3 is 19.8 Å². The first-order chi connectivity index (χ1) is 22.5. The summed E-state index contributed by atoms with van der Waals surface area (Å²) >= 11 is 0. The highest BCUT2D eigenvalue weighted by atomic mass is 31.2. The van der Waals surface area contributed by atoms with Gasteiger partial charge in [0.2, 0.25) is 0 Å². The third kappa shape index (κ3) is 34.2. The monoisotopic (exact) mass is 688 g/mol. The first-order valence-electron chi connectivity index (χ1n) is 18.6. The van der Waals surface area contributed by atoms with Gasteiger partial charge in [-0.3, -0.25) is 18.6 Å². The maximum atomic E-state index is 12.5. The van der Waals surface area contributed by atoms with Crippen LogP contribution in [-0.4, -0.2) is 74.9 Å². The minimum atomic E-state index is -4.36. The van der Waals surface area contributed by atoms with Crippen LogP contribution in [0.2, 0.25) is 0 Å². The molecule has 0 heterocycles. The number of quaternary nitrogens is 1. The minimum Gasteiger partial charge on any atom is -0.462 e. The maximum absolute atomic E-state index is 12.5. The summed E-state index contributed by atoms with van der Waals surface area (Å²) in [5, 5.41) is 0. The predicted octanol–water partition coefficient (Wildman–Crippen LogP) is 9.63. The van der Waals surface area contributed by atoms with Crippen molar-refractivity contribution in [3.8, 4) is 0 Å². The molecule has 0 saturated carbocycles. The van der Waals surface area contributed by atoms with Crippen LogP contribution in [0.3, 0.4) is 0 Å². The van der Waals surface area contributed by atoms with E-state index in [-0.39, 0.29) is 26.1 Å². The number of phosphoric ester groups is 1. The summed E-state index contributed by atoms with van der Waals surface area (Å²) in [7, 11) is 1.46. The van der Waals surface area contributed by atoms with Crippen LogP contribution in [0.25, 0.3) is 0 Å². The van der Waals surface area contributed by atoms with Gasteiger partial charge in [0.25, 0.3) is 0 Å². The highest BCUT2D eigenvalue weighted by Gasteiger charge is 2.27. The van der Waals surface area contributed by atoms with Gasteiger partial charge in [-0.1, -0.05) is 115 Å². The van der Waals surface area contributed by atoms with E-state index < -0.39 is 32.5 Å². The van der Waals surface area contributed by atoms with Gasteiger partial charge in [-0.25, -0.2) is 4.57 Å². The molecular weight excluding hydrogens is 617 g/mol. The molecule has 2 atom stereocenters. The molecule has 0 amide bonds. The Morgan fingerprint density at radius 3 is 1.72 bits per heavy atom. The van der Waals surface area contributed by atoms with E-state index in [0.29, 0.717) is 23.9 Å². The van der Waals surface area contributed by atoms with Gasteiger partial charge in [0.1, 0.15) is 19.8 Å². The average Bonchev–Trinajstić information content (AvgIpc) is 3.01. The summed E-state index contributed by atoms with van der Waals surface area (Å²) in [4.78, 5) is 35.0. The number of nitrogens with zero attached hydrogens (tertiary/aromatic N) is 1. The fourth-order valence-electron chi connectivity index (χ4n) is 4.75. The van der Waals surface area contributed by atoms with Crippen LogP contribution in [0.1, 0.15) is 149 Å². The number of carbonyl (C=O) groups excluding carboxylic acids is 2. The lowest BCUT2D eigenvalue weighted by atomic mass is 10.1. The number of unbranched alkanes of at least 4 members (excludes halogenated alkanes) is 15. The fraction of sp³-hybridized carbons (Fsp3) is 0.838. The van der Waals surface area contributed by atoms with Gasteiger partial charge in [-0.05, 0) is 44.9 Å². The first-order valence-corrected chi connectivity index (χ1v) is 20.1. The number of esters is 2. The lowest BCUT2D eigenvalue weighted by molar-refractivity contribution is -0.870. The Morgan fingerprint density at radius 2 is 1.15 bits per heavy atom. The fourth-order valence-corrected chi connectivity index (χ4v) is 5.49. The summed E-state index contributed by atoms with van der Waals surface area (Å²) in [6, 6.07) is 0. The van der Waals surface area contributed by atoms with E-state index in [1.165, 1.54) is 64.2 Å². The summed E-state index contributed by atoms with van der Waals surface area (Å²) in [6.07, 6.45) is 29.5. The smallest absolute Gasteiger partial charge is 0.462 e. The zero-order valence-electron chi connectivity index (χ0n) is 30.8. The molecule has 9 nitrogen and oxygen atoms in total. The van der Waals surface area contributed by atoms with Crippen molar-refractivity contribution >= 4 is 19.8 Å². The molecular formula is C37H71NO8P+. The Balaban J connectivity index is 4.46. The zero-order valence-corrected chi connectivity index (χ0v) is 31.7. The molecule has 0 spiro atoms. The summed E-state index contributed by atoms with van der Waals surface area (Å²) < 4.78 is 34.0. The third-order valence-corrected chi connectivity index (χ3v) is 8.72. The Bertz CT molecular complexity index is 871. The van der Waals surface area contributed by atoms with E-state index >= 15 is 0 Å². The topological polar surface area (TPSA) is 108 Å². The lowest BCUT2D eigenvalue weighted by Crippen LogP contribution is -2.37. The van der Waals surface area contributed by atoms with Crippen molar-refractivity contribution in [3.05, 3.63) is 24.3 Å². The number of likely N-dealkylation sites (N-methyl/N-ethyl adjacent to an activating group) is 1. The molecule has 1 unspecified atom stereocenters. The lowest BCUT2D eigenvalue weighted by Gasteiger charge is -2.24. The molecule has 0 aliphatic carbocycles. The zero-order chi connectivity index (χ0) is 35.1. The van der Waals surface area contributed by atoms with Gasteiger partial charge in [-0.15, -0.1) is 0 Å². The molecule has 0 rings (SSSR count). The van der Waals surface area contributed by atoms with Crippen molar-refractivity contribution in [2.75, 3.05) is 47.5 Å². The molecule has 0 radical (unpaired) electrons. The van der Waals surface area contributed by atoms with E-state index in [1.807, 2.05) is 21.1 Å². The highest BCUT2D eigenvalue weighted by Crippen LogP contribution is 2.43. The van der Waals surface area contributed by atoms with Crippen molar-refractivity contribution in [3.63, 3.8) is 0 Å². The van der Waals surface area contributed by atoms with Crippen LogP contribution in [-0.2, 0) is 32.7 Å². The predicted molar refractivity (Wildman–Crippen MR) is 192 cm³/mol. The molecule has 1 N–H and O–H groups in total. The van der Waals surface area contributed by atoms with Crippen molar-refractivity contribution in [2.45, 2.75) is 155 Å². The maximum Gasteiger partial charge on any atom is 0.472 e. The Morgan fingerprint density at radius 1 is 0.660 bits per heavy atom. The average molecular weight is 689 g/mol. The number of ether oxygens (including phenoxy) is 2. The Kier molecular flexibility index (Phi) is 29.6. The van der Waals surface area contributed by atoms with E-state index in [4.69, 9.17) is 18.5 Å². The number of carbonyl (C=O) groups is 2. The van der Waals surface area contributed by atoms with Crippen LogP contribution in [0.5, 0.6) is 0 Å². The largest absolute Gasteiger partial charge is 0.472 e. The van der Waals surface area contributed by atoms with Crippen molar-refractivity contribution in [1.82, 2.24) is 0 Å². The number of phosphoric acid groups is 1. The third-order valence-electron chi connectivity index (χ3n) is 7.73. The van der Waals surface area contributed by atoms with Gasteiger partial charge in [0.05, 0.1) is 27.7 Å². The second-order valence-electron chi connectivity index (χ2n) is 13.6. The molecule has 0 aromatic rings. The van der Waals surface area contributed by atoms with E-state index in [9.17, 15) is 19.0 Å². The SMILES string of the molecule is CCCCCCCC/C=C/C/C=C/CCCCC(=O)OC[C@@H](COP(=O)(O)OCC[N+](C)(C)C)OC(=O)CCCCCCCCCC. The van der Waals surface area contributed by atoms with Crippen LogP contribution in [0.4, 0.5) is 0 Å². The minimum absolute atomic E-state index is 0.0281. The molecule has 0 aromatic heterocycles. The number of hydrogen-bond donors (Lipinski definition) is 1. The van der Waals surface area contributed by atoms with Crippen molar-refractivity contribution < 1.29 is 42.1 Å². The van der Waals surface area contributed by atoms with E-state index in [0.717, 1.165) is 44.9 Å². The second-order valence-corrected chi connectivity index (χ2v) is 15.1. The highest BCUT2D eigenvalue weighted by molar-refractivity contribution is 7.47. The normalized spacial score (nSPS) is 14.1. The first kappa shape index (κ1) is 45.5. The quantitative estimate of drug-likeness (QED) is 0.0239. The van der Waals surface area contributed by atoms with Crippen LogP contribution in [0.15, 0.2) is 24.3 Å². The molecule has 0 aliphatic rings. The van der Waals surface area contributed by atoms with Gasteiger partial charge in [0.15, 0.2) is 6.10 Å². The van der Waals surface area contributed by atoms with Crippen molar-refractivity contribution in [2.24, 2.45) is 0 Å². The van der Waals surface area contributed by atoms with Gasteiger partial charge in [0, 0.05) is 12.8 Å². The molecule has 0 fully saturated rings. The number of hydrogen-bond acceptors (Lipinski definition) is 7. The summed E-state index contributed by atoms with van der Waals surface area (Å²) in [5.41, 5.74) is 0. The molecule has 0 aromatic carbocycles. The number of rotatable bonds is 33. The van der Waals surface area contributed by atoms with Crippen LogP contribution in [0, 0.1) is 0 Å². The molecule has 47 heavy (non-hydrogen) atoms. The molecule has 10 heteroatoms. The van der Waals surface area contributed by atoms with Crippen LogP contribution < -0.4 is 0 Å². The summed E-state index contributed by atoms with van der Waals surface area (Å²) in [6.45, 7) is 4.32. The Hall–Kier alpha value is -1.51. The molecule has 276 valence electrons. The molecule has 0 saturated heterocycles. The van der Waals surface area contributed by atoms with Crippen molar-refractivity contribution in [1.29, 1.82) is 0 Å². The molecule has 0 aliphatic heterocycles. The Labute approximate surface area is 288 Å².